The van der Waals surface area contributed by atoms with Crippen LogP contribution in [0.2, 0.25) is 0 Å². The quantitative estimate of drug-likeness (QED) is 0.664. The summed E-state index contributed by atoms with van der Waals surface area (Å²) in [6, 6.07) is -1.17. The molecule has 0 saturated heterocycles. The van der Waals surface area contributed by atoms with Gasteiger partial charge in [0.15, 0.2) is 6.04 Å². The van der Waals surface area contributed by atoms with Crippen LogP contribution in [0.1, 0.15) is 17.4 Å². The zero-order valence-electron chi connectivity index (χ0n) is 8.67. The number of aliphatic carboxylic acids is 1. The van der Waals surface area contributed by atoms with Crippen LogP contribution in [-0.2, 0) is 11.2 Å². The predicted molar refractivity (Wildman–Crippen MR) is 51.1 cm³/mol. The molecule has 0 aromatic carbocycles. The molecule has 7 nitrogen and oxygen atoms in total. The lowest BCUT2D eigenvalue weighted by molar-refractivity contribution is -0.138. The number of aromatic nitrogens is 2. The molecule has 0 amide bonds. The van der Waals surface area contributed by atoms with Crippen molar-refractivity contribution in [3.63, 3.8) is 0 Å². The number of hydrogen-bond acceptors (Lipinski definition) is 6. The van der Waals surface area contributed by atoms with Gasteiger partial charge >= 0.3 is 5.97 Å². The van der Waals surface area contributed by atoms with E-state index in [1.807, 2.05) is 19.0 Å². The molecule has 84 valence electrons. The van der Waals surface area contributed by atoms with Crippen LogP contribution in [0.25, 0.3) is 0 Å². The van der Waals surface area contributed by atoms with Gasteiger partial charge < -0.3 is 15.7 Å². The second kappa shape index (κ2) is 4.85. The maximum atomic E-state index is 10.6. The van der Waals surface area contributed by atoms with E-state index in [0.29, 0.717) is 12.1 Å². The molecule has 0 bridgehead atoms. The van der Waals surface area contributed by atoms with E-state index >= 15 is 0 Å². The van der Waals surface area contributed by atoms with Crippen molar-refractivity contribution in [2.75, 3.05) is 20.6 Å². The summed E-state index contributed by atoms with van der Waals surface area (Å²) < 4.78 is 4.49. The summed E-state index contributed by atoms with van der Waals surface area (Å²) in [5.41, 5.74) is 6.11. The van der Waals surface area contributed by atoms with Crippen LogP contribution in [0.3, 0.4) is 0 Å². The van der Waals surface area contributed by atoms with E-state index in [1.165, 1.54) is 0 Å². The van der Waals surface area contributed by atoms with Gasteiger partial charge in [-0.2, -0.15) is 0 Å². The normalized spacial score (nSPS) is 13.1. The van der Waals surface area contributed by atoms with E-state index in [0.717, 1.165) is 6.54 Å². The van der Waals surface area contributed by atoms with E-state index in [2.05, 4.69) is 14.9 Å². The van der Waals surface area contributed by atoms with Crippen molar-refractivity contribution in [1.29, 1.82) is 0 Å². The van der Waals surface area contributed by atoms with E-state index in [4.69, 9.17) is 10.8 Å². The number of carbonyl (C=O) groups is 1. The molecule has 1 atom stereocenters. The van der Waals surface area contributed by atoms with Gasteiger partial charge in [0.25, 0.3) is 0 Å². The zero-order chi connectivity index (χ0) is 11.4. The van der Waals surface area contributed by atoms with Gasteiger partial charge in [-0.25, -0.2) is 4.63 Å². The number of rotatable bonds is 5. The third-order valence-electron chi connectivity index (χ3n) is 1.94. The summed E-state index contributed by atoms with van der Waals surface area (Å²) >= 11 is 0. The first-order valence-corrected chi connectivity index (χ1v) is 4.46. The molecule has 0 saturated carbocycles. The predicted octanol–water partition coefficient (Wildman–Crippen LogP) is -0.742. The van der Waals surface area contributed by atoms with Gasteiger partial charge in [-0.3, -0.25) is 4.79 Å². The molecule has 1 rings (SSSR count). The van der Waals surface area contributed by atoms with Crippen molar-refractivity contribution in [3.8, 4) is 0 Å². The van der Waals surface area contributed by atoms with Crippen LogP contribution in [0.15, 0.2) is 4.63 Å². The lowest BCUT2D eigenvalue weighted by atomic mass is 10.1. The third kappa shape index (κ3) is 3.00. The lowest BCUT2D eigenvalue weighted by Gasteiger charge is -2.08. The van der Waals surface area contributed by atoms with Gasteiger partial charge in [-0.05, 0) is 14.1 Å². The molecule has 0 aliphatic carbocycles. The van der Waals surface area contributed by atoms with Gasteiger partial charge in [0, 0.05) is 13.0 Å². The summed E-state index contributed by atoms with van der Waals surface area (Å²) in [5.74, 6) is -1.14. The molecule has 0 aliphatic rings. The average Bonchev–Trinajstić information content (AvgIpc) is 2.60. The first-order valence-electron chi connectivity index (χ1n) is 4.46. The van der Waals surface area contributed by atoms with Crippen LogP contribution in [0.5, 0.6) is 0 Å². The molecule has 7 heteroatoms. The van der Waals surface area contributed by atoms with E-state index in [1.54, 1.807) is 0 Å². The number of hydrogen-bond donors (Lipinski definition) is 2. The summed E-state index contributed by atoms with van der Waals surface area (Å²) in [4.78, 5) is 12.6. The van der Waals surface area contributed by atoms with Crippen molar-refractivity contribution in [1.82, 2.24) is 15.2 Å². The first-order chi connectivity index (χ1) is 7.02. The van der Waals surface area contributed by atoms with Crippen molar-refractivity contribution in [3.05, 3.63) is 11.4 Å². The molecule has 0 fully saturated rings. The smallest absolute Gasteiger partial charge is 0.326 e. The first kappa shape index (κ1) is 11.6. The number of likely N-dealkylation sites (N-methyl/N-ethyl adjacent to an activating group) is 1. The average molecular weight is 214 g/mol. The Balaban J connectivity index is 2.73. The molecule has 3 N–H and O–H groups in total. The Hall–Kier alpha value is -1.47. The highest BCUT2D eigenvalue weighted by molar-refractivity contribution is 5.74. The fraction of sp³-hybridized carbons (Fsp3) is 0.625. The van der Waals surface area contributed by atoms with Gasteiger partial charge in [0.1, 0.15) is 11.4 Å². The fourth-order valence-electron chi connectivity index (χ4n) is 1.07. The third-order valence-corrected chi connectivity index (χ3v) is 1.94. The Bertz CT molecular complexity index is 336. The van der Waals surface area contributed by atoms with Crippen molar-refractivity contribution >= 4 is 5.97 Å². The molecule has 1 unspecified atom stereocenters. The summed E-state index contributed by atoms with van der Waals surface area (Å²) in [7, 11) is 3.81. The lowest BCUT2D eigenvalue weighted by Crippen LogP contribution is -2.23. The molecule has 1 aromatic rings. The number of carboxylic acid groups (broad SMARTS) is 1. The standard InChI is InChI=1S/C8H14N4O3/c1-12(2)4-3-5-7(11-15-10-5)6(9)8(13)14/h6H,3-4,9H2,1-2H3,(H,13,14). The summed E-state index contributed by atoms with van der Waals surface area (Å²) in [5, 5.41) is 15.9. The monoisotopic (exact) mass is 214 g/mol. The van der Waals surface area contributed by atoms with Crippen LogP contribution in [-0.4, -0.2) is 46.9 Å². The van der Waals surface area contributed by atoms with Gasteiger partial charge in [0.2, 0.25) is 0 Å². The zero-order valence-corrected chi connectivity index (χ0v) is 8.67. The number of nitrogens with zero attached hydrogens (tertiary/aromatic N) is 3. The van der Waals surface area contributed by atoms with Gasteiger partial charge in [-0.1, -0.05) is 10.3 Å². The minimum Gasteiger partial charge on any atom is -0.480 e. The Morgan fingerprint density at radius 2 is 2.27 bits per heavy atom. The molecular formula is C8H14N4O3. The van der Waals surface area contributed by atoms with Crippen LogP contribution in [0, 0.1) is 0 Å². The molecule has 1 aromatic heterocycles. The van der Waals surface area contributed by atoms with E-state index in [-0.39, 0.29) is 5.69 Å². The maximum Gasteiger partial charge on any atom is 0.326 e. The molecule has 1 heterocycles. The van der Waals surface area contributed by atoms with E-state index < -0.39 is 12.0 Å². The Morgan fingerprint density at radius 1 is 1.60 bits per heavy atom. The highest BCUT2D eigenvalue weighted by atomic mass is 16.6. The molecule has 0 spiro atoms. The minimum absolute atomic E-state index is 0.198. The molecular weight excluding hydrogens is 200 g/mol. The summed E-state index contributed by atoms with van der Waals surface area (Å²) in [6.07, 6.45) is 0.562. The Labute approximate surface area is 86.8 Å². The Morgan fingerprint density at radius 3 is 2.80 bits per heavy atom. The fourth-order valence-corrected chi connectivity index (χ4v) is 1.07. The van der Waals surface area contributed by atoms with Crippen LogP contribution in [0.4, 0.5) is 0 Å². The number of nitrogens with two attached hydrogens (primary N) is 1. The van der Waals surface area contributed by atoms with Gasteiger partial charge in [-0.15, -0.1) is 0 Å². The molecule has 0 aliphatic heterocycles. The highest BCUT2D eigenvalue weighted by Crippen LogP contribution is 2.12. The second-order valence-electron chi connectivity index (χ2n) is 3.47. The number of carboxylic acids is 1. The Kier molecular flexibility index (Phi) is 3.75. The van der Waals surface area contributed by atoms with Crippen molar-refractivity contribution < 1.29 is 14.5 Å². The maximum absolute atomic E-state index is 10.6. The molecule has 15 heavy (non-hydrogen) atoms. The summed E-state index contributed by atoms with van der Waals surface area (Å²) in [6.45, 7) is 0.730. The van der Waals surface area contributed by atoms with E-state index in [9.17, 15) is 4.79 Å². The second-order valence-corrected chi connectivity index (χ2v) is 3.47. The molecule has 0 radical (unpaired) electrons. The minimum atomic E-state index is -1.17. The van der Waals surface area contributed by atoms with Crippen LogP contribution >= 0.6 is 0 Å². The largest absolute Gasteiger partial charge is 0.480 e. The SMILES string of the molecule is CN(C)CCc1nonc1C(N)C(=O)O. The topological polar surface area (TPSA) is 105 Å². The van der Waals surface area contributed by atoms with Crippen molar-refractivity contribution in [2.45, 2.75) is 12.5 Å². The highest BCUT2D eigenvalue weighted by Gasteiger charge is 2.23. The van der Waals surface area contributed by atoms with Crippen LogP contribution < -0.4 is 5.73 Å². The van der Waals surface area contributed by atoms with Gasteiger partial charge in [0.05, 0.1) is 0 Å². The van der Waals surface area contributed by atoms with Crippen molar-refractivity contribution in [2.24, 2.45) is 5.73 Å².